The molecule has 84 valence electrons. The predicted molar refractivity (Wildman–Crippen MR) is 57.2 cm³/mol. The second kappa shape index (κ2) is 4.34. The third-order valence-electron chi connectivity index (χ3n) is 3.42. The van der Waals surface area contributed by atoms with Crippen LogP contribution in [0, 0.1) is 17.8 Å². The van der Waals surface area contributed by atoms with Gasteiger partial charge in [-0.15, -0.1) is 0 Å². The molecule has 0 radical (unpaired) electrons. The maximum Gasteiger partial charge on any atom is 0.328 e. The van der Waals surface area contributed by atoms with Crippen LogP contribution in [0.4, 0.5) is 0 Å². The van der Waals surface area contributed by atoms with E-state index in [1.807, 2.05) is 0 Å². The summed E-state index contributed by atoms with van der Waals surface area (Å²) in [6.45, 7) is 6.20. The van der Waals surface area contributed by atoms with Crippen LogP contribution in [0.2, 0.25) is 0 Å². The summed E-state index contributed by atoms with van der Waals surface area (Å²) >= 11 is 0. The molecule has 3 atom stereocenters. The normalized spacial score (nSPS) is 34.9. The summed E-state index contributed by atoms with van der Waals surface area (Å²) in [5, 5.41) is 0. The standard InChI is InChI=1S/C10H21O3P/c1-7(2)9-5-4-8(3)6-10(9)14(11,12)13/h7-10H,4-6H2,1-3H3,(H2,11,12,13). The van der Waals surface area contributed by atoms with E-state index < -0.39 is 13.3 Å². The molecular weight excluding hydrogens is 199 g/mol. The fourth-order valence-corrected chi connectivity index (χ4v) is 4.17. The Labute approximate surface area is 86.1 Å². The molecular formula is C10H21O3P. The smallest absolute Gasteiger partial charge is 0.324 e. The van der Waals surface area contributed by atoms with Gasteiger partial charge in [0.05, 0.1) is 5.66 Å². The minimum atomic E-state index is -3.89. The SMILES string of the molecule is CC1CCC(C(C)C)C(P(=O)(O)O)C1. The molecule has 1 fully saturated rings. The van der Waals surface area contributed by atoms with Gasteiger partial charge in [-0.3, -0.25) is 4.57 Å². The molecule has 0 spiro atoms. The first-order valence-corrected chi connectivity index (χ1v) is 7.05. The van der Waals surface area contributed by atoms with Crippen molar-refractivity contribution in [1.29, 1.82) is 0 Å². The fraction of sp³-hybridized carbons (Fsp3) is 1.00. The molecule has 1 saturated carbocycles. The van der Waals surface area contributed by atoms with Crippen LogP contribution in [0.5, 0.6) is 0 Å². The van der Waals surface area contributed by atoms with E-state index in [1.165, 1.54) is 0 Å². The van der Waals surface area contributed by atoms with Crippen molar-refractivity contribution >= 4 is 7.60 Å². The lowest BCUT2D eigenvalue weighted by Crippen LogP contribution is -2.32. The van der Waals surface area contributed by atoms with Crippen LogP contribution >= 0.6 is 7.60 Å². The molecule has 0 aromatic rings. The topological polar surface area (TPSA) is 57.5 Å². The molecule has 0 saturated heterocycles. The molecule has 0 aromatic carbocycles. The summed E-state index contributed by atoms with van der Waals surface area (Å²) in [5.41, 5.74) is -0.397. The van der Waals surface area contributed by atoms with Gasteiger partial charge in [0.1, 0.15) is 0 Å². The van der Waals surface area contributed by atoms with Gasteiger partial charge in [-0.05, 0) is 30.6 Å². The van der Waals surface area contributed by atoms with Crippen LogP contribution in [0.1, 0.15) is 40.0 Å². The first kappa shape index (κ1) is 12.2. The molecule has 0 aliphatic heterocycles. The zero-order chi connectivity index (χ0) is 10.9. The average molecular weight is 220 g/mol. The molecule has 3 nitrogen and oxygen atoms in total. The lowest BCUT2D eigenvalue weighted by molar-refractivity contribution is 0.210. The molecule has 0 bridgehead atoms. The van der Waals surface area contributed by atoms with Gasteiger partial charge in [-0.2, -0.15) is 0 Å². The van der Waals surface area contributed by atoms with E-state index in [4.69, 9.17) is 0 Å². The average Bonchev–Trinajstić information content (AvgIpc) is 2.01. The van der Waals surface area contributed by atoms with Gasteiger partial charge in [0.25, 0.3) is 0 Å². The zero-order valence-electron chi connectivity index (χ0n) is 9.18. The molecule has 0 heterocycles. The highest BCUT2D eigenvalue weighted by atomic mass is 31.2. The van der Waals surface area contributed by atoms with Crippen molar-refractivity contribution in [3.05, 3.63) is 0 Å². The van der Waals surface area contributed by atoms with E-state index in [0.717, 1.165) is 12.8 Å². The minimum Gasteiger partial charge on any atom is -0.324 e. The van der Waals surface area contributed by atoms with Crippen molar-refractivity contribution in [3.8, 4) is 0 Å². The van der Waals surface area contributed by atoms with E-state index >= 15 is 0 Å². The number of hydrogen-bond donors (Lipinski definition) is 2. The third kappa shape index (κ3) is 2.82. The molecule has 1 aliphatic rings. The lowest BCUT2D eigenvalue weighted by Gasteiger charge is -2.37. The Hall–Kier alpha value is 0.150. The van der Waals surface area contributed by atoms with E-state index in [2.05, 4.69) is 20.8 Å². The summed E-state index contributed by atoms with van der Waals surface area (Å²) in [6, 6.07) is 0. The molecule has 14 heavy (non-hydrogen) atoms. The lowest BCUT2D eigenvalue weighted by atomic mass is 9.77. The molecule has 0 amide bonds. The van der Waals surface area contributed by atoms with Gasteiger partial charge in [0.2, 0.25) is 0 Å². The highest BCUT2D eigenvalue weighted by molar-refractivity contribution is 7.52. The summed E-state index contributed by atoms with van der Waals surface area (Å²) < 4.78 is 11.3. The highest BCUT2D eigenvalue weighted by Crippen LogP contribution is 2.53. The molecule has 1 aliphatic carbocycles. The molecule has 4 heteroatoms. The van der Waals surface area contributed by atoms with E-state index in [9.17, 15) is 14.4 Å². The maximum atomic E-state index is 11.3. The van der Waals surface area contributed by atoms with Crippen molar-refractivity contribution < 1.29 is 14.4 Å². The third-order valence-corrected chi connectivity index (χ3v) is 4.88. The van der Waals surface area contributed by atoms with E-state index in [0.29, 0.717) is 18.3 Å². The Morgan fingerprint density at radius 2 is 1.86 bits per heavy atom. The first-order valence-electron chi connectivity index (χ1n) is 5.37. The van der Waals surface area contributed by atoms with Crippen molar-refractivity contribution in [2.45, 2.75) is 45.7 Å². The van der Waals surface area contributed by atoms with Crippen LogP contribution < -0.4 is 0 Å². The summed E-state index contributed by atoms with van der Waals surface area (Å²) in [6.07, 6.45) is 2.76. The second-order valence-electron chi connectivity index (χ2n) is 4.98. The zero-order valence-corrected chi connectivity index (χ0v) is 10.1. The Morgan fingerprint density at radius 1 is 1.29 bits per heavy atom. The van der Waals surface area contributed by atoms with E-state index in [-0.39, 0.29) is 5.92 Å². The van der Waals surface area contributed by atoms with Gasteiger partial charge >= 0.3 is 7.60 Å². The van der Waals surface area contributed by atoms with Crippen LogP contribution in [-0.2, 0) is 4.57 Å². The van der Waals surface area contributed by atoms with E-state index in [1.54, 1.807) is 0 Å². The Bertz CT molecular complexity index is 234. The van der Waals surface area contributed by atoms with Crippen LogP contribution in [0.25, 0.3) is 0 Å². The summed E-state index contributed by atoms with van der Waals surface area (Å²) in [7, 11) is -3.89. The van der Waals surface area contributed by atoms with Crippen molar-refractivity contribution in [2.24, 2.45) is 17.8 Å². The predicted octanol–water partition coefficient (Wildman–Crippen LogP) is 2.62. The molecule has 0 aromatic heterocycles. The summed E-state index contributed by atoms with van der Waals surface area (Å²) in [5.74, 6) is 1.04. The van der Waals surface area contributed by atoms with Gasteiger partial charge in [-0.25, -0.2) is 0 Å². The van der Waals surface area contributed by atoms with Gasteiger partial charge in [-0.1, -0.05) is 27.2 Å². The van der Waals surface area contributed by atoms with Gasteiger partial charge in [0, 0.05) is 0 Å². The van der Waals surface area contributed by atoms with Gasteiger partial charge in [0.15, 0.2) is 0 Å². The number of hydrogen-bond acceptors (Lipinski definition) is 1. The Morgan fingerprint density at radius 3 is 2.29 bits per heavy atom. The molecule has 3 unspecified atom stereocenters. The molecule has 2 N–H and O–H groups in total. The van der Waals surface area contributed by atoms with Crippen LogP contribution in [-0.4, -0.2) is 15.4 Å². The van der Waals surface area contributed by atoms with Crippen molar-refractivity contribution in [3.63, 3.8) is 0 Å². The van der Waals surface area contributed by atoms with Crippen molar-refractivity contribution in [2.75, 3.05) is 0 Å². The van der Waals surface area contributed by atoms with Crippen LogP contribution in [0.3, 0.4) is 0 Å². The quantitative estimate of drug-likeness (QED) is 0.703. The summed E-state index contributed by atoms with van der Waals surface area (Å²) in [4.78, 5) is 18.6. The molecule has 1 rings (SSSR count). The maximum absolute atomic E-state index is 11.3. The second-order valence-corrected chi connectivity index (χ2v) is 6.82. The van der Waals surface area contributed by atoms with Crippen molar-refractivity contribution in [1.82, 2.24) is 0 Å². The first-order chi connectivity index (χ1) is 6.32. The Kier molecular flexibility index (Phi) is 3.79. The number of rotatable bonds is 2. The Balaban J connectivity index is 2.79. The highest BCUT2D eigenvalue weighted by Gasteiger charge is 2.40. The van der Waals surface area contributed by atoms with Gasteiger partial charge < -0.3 is 9.79 Å². The minimum absolute atomic E-state index is 0.201. The largest absolute Gasteiger partial charge is 0.328 e. The monoisotopic (exact) mass is 220 g/mol. The fourth-order valence-electron chi connectivity index (χ4n) is 2.54. The van der Waals surface area contributed by atoms with Crippen LogP contribution in [0.15, 0.2) is 0 Å².